The van der Waals surface area contributed by atoms with Gasteiger partial charge in [0.05, 0.1) is 21.3 Å². The summed E-state index contributed by atoms with van der Waals surface area (Å²) in [5.41, 5.74) is 3.58. The topological polar surface area (TPSA) is 72.6 Å². The lowest BCUT2D eigenvalue weighted by Crippen LogP contribution is -2.28. The molecule has 3 aromatic rings. The third-order valence-electron chi connectivity index (χ3n) is 5.45. The maximum absolute atomic E-state index is 13.7. The van der Waals surface area contributed by atoms with Gasteiger partial charge >= 0.3 is 0 Å². The van der Waals surface area contributed by atoms with E-state index >= 15 is 0 Å². The molecule has 0 saturated carbocycles. The van der Waals surface area contributed by atoms with E-state index in [2.05, 4.69) is 10.3 Å². The van der Waals surface area contributed by atoms with Gasteiger partial charge in [-0.15, -0.1) is 0 Å². The third kappa shape index (κ3) is 3.48. The van der Waals surface area contributed by atoms with Crippen LogP contribution in [0.4, 0.5) is 10.1 Å². The van der Waals surface area contributed by atoms with Crippen molar-refractivity contribution in [3.63, 3.8) is 0 Å². The number of carbonyl (C=O) groups excluding carboxylic acids is 1. The van der Waals surface area contributed by atoms with Crippen molar-refractivity contribution in [3.8, 4) is 17.2 Å². The van der Waals surface area contributed by atoms with Gasteiger partial charge in [0, 0.05) is 40.3 Å². The van der Waals surface area contributed by atoms with Crippen LogP contribution in [-0.4, -0.2) is 32.2 Å². The van der Waals surface area contributed by atoms with Crippen LogP contribution in [0.5, 0.6) is 17.2 Å². The minimum Gasteiger partial charge on any atom is -0.493 e. The van der Waals surface area contributed by atoms with E-state index < -0.39 is 0 Å². The number of benzene rings is 2. The van der Waals surface area contributed by atoms with Gasteiger partial charge in [0.1, 0.15) is 5.82 Å². The third-order valence-corrected chi connectivity index (χ3v) is 5.45. The molecule has 2 N–H and O–H groups in total. The fraction of sp³-hybridized carbons (Fsp3) is 0.318. The van der Waals surface area contributed by atoms with Crippen LogP contribution in [0.25, 0.3) is 10.9 Å². The maximum atomic E-state index is 13.7. The summed E-state index contributed by atoms with van der Waals surface area (Å²) < 4.78 is 29.7. The Morgan fingerprint density at radius 1 is 1.10 bits per heavy atom. The van der Waals surface area contributed by atoms with Crippen LogP contribution in [0, 0.1) is 11.7 Å². The number of halogens is 1. The standard InChI is InChI=1S/C22H23FN2O4/c1-27-19-10-14(11-20(28-2)21(19)29-3)24-22(26)12-4-6-17-15(8-12)16-9-13(23)5-7-18(16)25-17/h5,7,9-12,25H,4,6,8H2,1-3H3,(H,24,26). The molecule has 29 heavy (non-hydrogen) atoms. The van der Waals surface area contributed by atoms with Crippen molar-refractivity contribution in [1.82, 2.24) is 4.98 Å². The minimum absolute atomic E-state index is 0.0873. The number of aromatic nitrogens is 1. The van der Waals surface area contributed by atoms with Gasteiger partial charge in [0.15, 0.2) is 11.5 Å². The summed E-state index contributed by atoms with van der Waals surface area (Å²) in [5.74, 6) is 0.847. The average molecular weight is 398 g/mol. The molecule has 7 heteroatoms. The zero-order valence-electron chi connectivity index (χ0n) is 16.6. The van der Waals surface area contributed by atoms with Gasteiger partial charge < -0.3 is 24.5 Å². The number of carbonyl (C=O) groups is 1. The first kappa shape index (κ1) is 19.1. The molecule has 0 aliphatic heterocycles. The number of fused-ring (bicyclic) bond motifs is 3. The molecule has 0 bridgehead atoms. The first-order valence-corrected chi connectivity index (χ1v) is 9.44. The summed E-state index contributed by atoms with van der Waals surface area (Å²) in [6, 6.07) is 8.13. The molecular weight excluding hydrogens is 375 g/mol. The first-order valence-electron chi connectivity index (χ1n) is 9.44. The number of methoxy groups -OCH3 is 3. The van der Waals surface area contributed by atoms with Crippen LogP contribution in [0.2, 0.25) is 0 Å². The summed E-state index contributed by atoms with van der Waals surface area (Å²) in [4.78, 5) is 16.3. The van der Waals surface area contributed by atoms with Crippen molar-refractivity contribution in [2.45, 2.75) is 19.3 Å². The fourth-order valence-corrected chi connectivity index (χ4v) is 4.01. The first-order chi connectivity index (χ1) is 14.0. The van der Waals surface area contributed by atoms with Gasteiger partial charge in [-0.3, -0.25) is 4.79 Å². The second kappa shape index (κ2) is 7.66. The zero-order valence-corrected chi connectivity index (χ0v) is 16.6. The van der Waals surface area contributed by atoms with Crippen LogP contribution < -0.4 is 19.5 Å². The Labute approximate surface area is 168 Å². The smallest absolute Gasteiger partial charge is 0.227 e. The van der Waals surface area contributed by atoms with Crippen molar-refractivity contribution in [1.29, 1.82) is 0 Å². The molecule has 1 heterocycles. The Morgan fingerprint density at radius 3 is 2.48 bits per heavy atom. The Bertz CT molecular complexity index is 1050. The fourth-order valence-electron chi connectivity index (χ4n) is 4.01. The molecule has 0 saturated heterocycles. The molecule has 1 amide bonds. The number of anilines is 1. The Morgan fingerprint density at radius 2 is 1.83 bits per heavy atom. The van der Waals surface area contributed by atoms with Crippen molar-refractivity contribution in [3.05, 3.63) is 47.4 Å². The number of hydrogen-bond acceptors (Lipinski definition) is 4. The number of amides is 1. The molecule has 1 aliphatic rings. The van der Waals surface area contributed by atoms with E-state index in [-0.39, 0.29) is 17.6 Å². The largest absolute Gasteiger partial charge is 0.493 e. The molecule has 4 rings (SSSR count). The predicted molar refractivity (Wildman–Crippen MR) is 108 cm³/mol. The number of aromatic amines is 1. The van der Waals surface area contributed by atoms with Crippen molar-refractivity contribution in [2.75, 3.05) is 26.6 Å². The van der Waals surface area contributed by atoms with Crippen LogP contribution in [0.3, 0.4) is 0 Å². The normalized spacial score (nSPS) is 15.7. The lowest BCUT2D eigenvalue weighted by Gasteiger charge is -2.22. The van der Waals surface area contributed by atoms with Crippen LogP contribution in [0.15, 0.2) is 30.3 Å². The molecule has 1 atom stereocenters. The number of ether oxygens (including phenoxy) is 3. The SMILES string of the molecule is COc1cc(NC(=O)C2CCc3[nH]c4ccc(F)cc4c3C2)cc(OC)c1OC. The van der Waals surface area contributed by atoms with Gasteiger partial charge in [-0.2, -0.15) is 0 Å². The molecular formula is C22H23FN2O4. The summed E-state index contributed by atoms with van der Waals surface area (Å²) in [5, 5.41) is 3.81. The van der Waals surface area contributed by atoms with E-state index in [1.54, 1.807) is 18.2 Å². The summed E-state index contributed by atoms with van der Waals surface area (Å²) in [6.07, 6.45) is 2.03. The molecule has 0 radical (unpaired) electrons. The molecule has 2 aromatic carbocycles. The number of aryl methyl sites for hydroxylation is 1. The van der Waals surface area contributed by atoms with Crippen LogP contribution in [-0.2, 0) is 17.6 Å². The van der Waals surface area contributed by atoms with Crippen molar-refractivity contribution >= 4 is 22.5 Å². The molecule has 0 spiro atoms. The molecule has 152 valence electrons. The van der Waals surface area contributed by atoms with Gasteiger partial charge in [-0.05, 0) is 43.0 Å². The van der Waals surface area contributed by atoms with E-state index in [0.717, 1.165) is 35.0 Å². The Hall–Kier alpha value is -3.22. The highest BCUT2D eigenvalue weighted by Gasteiger charge is 2.28. The molecule has 1 aromatic heterocycles. The second-order valence-electron chi connectivity index (χ2n) is 7.12. The number of rotatable bonds is 5. The second-order valence-corrected chi connectivity index (χ2v) is 7.12. The minimum atomic E-state index is -0.275. The lowest BCUT2D eigenvalue weighted by atomic mass is 9.85. The monoisotopic (exact) mass is 398 g/mol. The van der Waals surface area contributed by atoms with E-state index in [0.29, 0.717) is 29.4 Å². The summed E-state index contributed by atoms with van der Waals surface area (Å²) >= 11 is 0. The van der Waals surface area contributed by atoms with E-state index in [1.807, 2.05) is 0 Å². The van der Waals surface area contributed by atoms with Gasteiger partial charge in [0.25, 0.3) is 0 Å². The van der Waals surface area contributed by atoms with Gasteiger partial charge in [-0.1, -0.05) is 0 Å². The quantitative estimate of drug-likeness (QED) is 0.679. The van der Waals surface area contributed by atoms with Crippen molar-refractivity contribution < 1.29 is 23.4 Å². The average Bonchev–Trinajstić information content (AvgIpc) is 3.09. The Balaban J connectivity index is 1.57. The Kier molecular flexibility index (Phi) is 5.05. The summed E-state index contributed by atoms with van der Waals surface area (Å²) in [6.45, 7) is 0. The maximum Gasteiger partial charge on any atom is 0.227 e. The molecule has 6 nitrogen and oxygen atoms in total. The molecule has 1 aliphatic carbocycles. The highest BCUT2D eigenvalue weighted by Crippen LogP contribution is 2.40. The van der Waals surface area contributed by atoms with Gasteiger partial charge in [0.2, 0.25) is 11.7 Å². The van der Waals surface area contributed by atoms with Crippen LogP contribution >= 0.6 is 0 Å². The van der Waals surface area contributed by atoms with E-state index in [9.17, 15) is 9.18 Å². The van der Waals surface area contributed by atoms with E-state index in [4.69, 9.17) is 14.2 Å². The lowest BCUT2D eigenvalue weighted by molar-refractivity contribution is -0.120. The van der Waals surface area contributed by atoms with Crippen molar-refractivity contribution in [2.24, 2.45) is 5.92 Å². The molecule has 1 unspecified atom stereocenters. The van der Waals surface area contributed by atoms with E-state index in [1.165, 1.54) is 33.5 Å². The highest BCUT2D eigenvalue weighted by atomic mass is 19.1. The number of H-pyrrole nitrogens is 1. The van der Waals surface area contributed by atoms with Crippen LogP contribution in [0.1, 0.15) is 17.7 Å². The summed E-state index contributed by atoms with van der Waals surface area (Å²) in [7, 11) is 4.59. The van der Waals surface area contributed by atoms with Gasteiger partial charge in [-0.25, -0.2) is 4.39 Å². The highest BCUT2D eigenvalue weighted by molar-refractivity contribution is 5.94. The predicted octanol–water partition coefficient (Wildman–Crippen LogP) is 4.08. The number of hydrogen-bond donors (Lipinski definition) is 2. The molecule has 0 fully saturated rings. The zero-order chi connectivity index (χ0) is 20.5. The number of nitrogens with one attached hydrogen (secondary N) is 2.